The number of fused-ring (bicyclic) bond motifs is 1. The van der Waals surface area contributed by atoms with Gasteiger partial charge < -0.3 is 5.32 Å². The summed E-state index contributed by atoms with van der Waals surface area (Å²) in [5.41, 5.74) is 3.34. The number of aryl methyl sites for hydroxylation is 2. The van der Waals surface area contributed by atoms with Gasteiger partial charge in [0, 0.05) is 12.1 Å². The molecular weight excluding hydrogens is 286 g/mol. The normalized spacial score (nSPS) is 23.5. The number of hydrogen-bond donors (Lipinski definition) is 1. The molecule has 1 saturated heterocycles. The quantitative estimate of drug-likeness (QED) is 0.925. The van der Waals surface area contributed by atoms with Gasteiger partial charge in [-0.2, -0.15) is 0 Å². The zero-order valence-corrected chi connectivity index (χ0v) is 12.9. The largest absolute Gasteiger partial charge is 0.352 e. The van der Waals surface area contributed by atoms with Crippen LogP contribution in [0.15, 0.2) is 18.2 Å². The summed E-state index contributed by atoms with van der Waals surface area (Å²) in [6.07, 6.45) is 5.24. The molecule has 0 radical (unpaired) electrons. The van der Waals surface area contributed by atoms with Crippen molar-refractivity contribution >= 4 is 15.7 Å². The summed E-state index contributed by atoms with van der Waals surface area (Å²) in [4.78, 5) is 12.2. The average Bonchev–Trinajstić information content (AvgIpc) is 2.83. The average molecular weight is 307 g/mol. The maximum Gasteiger partial charge on any atom is 0.251 e. The highest BCUT2D eigenvalue weighted by molar-refractivity contribution is 7.91. The molecule has 1 aromatic rings. The van der Waals surface area contributed by atoms with Crippen LogP contribution in [0.1, 0.15) is 40.7 Å². The summed E-state index contributed by atoms with van der Waals surface area (Å²) >= 11 is 0. The second-order valence-corrected chi connectivity index (χ2v) is 8.40. The lowest BCUT2D eigenvalue weighted by atomic mass is 9.90. The Morgan fingerprint density at radius 3 is 2.67 bits per heavy atom. The van der Waals surface area contributed by atoms with Gasteiger partial charge in [-0.15, -0.1) is 0 Å². The van der Waals surface area contributed by atoms with Gasteiger partial charge >= 0.3 is 0 Å². The van der Waals surface area contributed by atoms with E-state index in [1.54, 1.807) is 0 Å². The first kappa shape index (κ1) is 14.6. The summed E-state index contributed by atoms with van der Waals surface area (Å²) in [6.45, 7) is 0.454. The molecule has 2 aliphatic rings. The van der Waals surface area contributed by atoms with Crippen molar-refractivity contribution in [1.29, 1.82) is 0 Å². The van der Waals surface area contributed by atoms with Crippen LogP contribution < -0.4 is 5.32 Å². The molecule has 4 nitrogen and oxygen atoms in total. The van der Waals surface area contributed by atoms with E-state index in [9.17, 15) is 13.2 Å². The summed E-state index contributed by atoms with van der Waals surface area (Å²) in [6, 6.07) is 5.93. The summed E-state index contributed by atoms with van der Waals surface area (Å²) in [7, 11) is -2.87. The zero-order chi connectivity index (χ0) is 14.9. The number of amides is 1. The molecule has 1 N–H and O–H groups in total. The van der Waals surface area contributed by atoms with Crippen molar-refractivity contribution in [1.82, 2.24) is 5.32 Å². The van der Waals surface area contributed by atoms with Crippen LogP contribution in [0.4, 0.5) is 0 Å². The number of rotatable bonds is 3. The fourth-order valence-corrected chi connectivity index (χ4v) is 5.11. The lowest BCUT2D eigenvalue weighted by Crippen LogP contribution is -2.30. The highest BCUT2D eigenvalue weighted by Gasteiger charge is 2.28. The maximum absolute atomic E-state index is 12.2. The van der Waals surface area contributed by atoms with Crippen LogP contribution in [0.5, 0.6) is 0 Å². The number of carbonyl (C=O) groups excluding carboxylic acids is 1. The molecular formula is C16H21NO3S. The second kappa shape index (κ2) is 5.79. The van der Waals surface area contributed by atoms with E-state index in [2.05, 4.69) is 11.4 Å². The van der Waals surface area contributed by atoms with Gasteiger partial charge in [0.2, 0.25) is 0 Å². The molecule has 0 aromatic heterocycles. The minimum absolute atomic E-state index is 0.0663. The molecule has 0 saturated carbocycles. The zero-order valence-electron chi connectivity index (χ0n) is 12.1. The Morgan fingerprint density at radius 2 is 1.95 bits per heavy atom. The van der Waals surface area contributed by atoms with Crippen molar-refractivity contribution in [3.63, 3.8) is 0 Å². The van der Waals surface area contributed by atoms with Crippen molar-refractivity contribution < 1.29 is 13.2 Å². The SMILES string of the molecule is O=C(NCC1CCS(=O)(=O)C1)c1ccc2c(c1)CCCC2. The van der Waals surface area contributed by atoms with E-state index in [0.29, 0.717) is 18.5 Å². The predicted octanol–water partition coefficient (Wildman–Crippen LogP) is 1.73. The minimum atomic E-state index is -2.87. The fourth-order valence-electron chi connectivity index (χ4n) is 3.25. The van der Waals surface area contributed by atoms with Crippen LogP contribution in [0, 0.1) is 5.92 Å². The van der Waals surface area contributed by atoms with Crippen LogP contribution >= 0.6 is 0 Å². The smallest absolute Gasteiger partial charge is 0.251 e. The van der Waals surface area contributed by atoms with E-state index in [1.165, 1.54) is 24.0 Å². The standard InChI is InChI=1S/C16H21NO3S/c18-16(17-10-12-7-8-21(19,20)11-12)15-6-5-13-3-1-2-4-14(13)9-15/h5-6,9,12H,1-4,7-8,10-11H2,(H,17,18). The summed E-state index contributed by atoms with van der Waals surface area (Å²) < 4.78 is 22.8. The summed E-state index contributed by atoms with van der Waals surface area (Å²) in [5.74, 6) is 0.438. The lowest BCUT2D eigenvalue weighted by molar-refractivity contribution is 0.0948. The molecule has 1 aromatic carbocycles. The fraction of sp³-hybridized carbons (Fsp3) is 0.562. The molecule has 5 heteroatoms. The first-order chi connectivity index (χ1) is 10.0. The third-order valence-corrected chi connectivity index (χ3v) is 6.33. The molecule has 1 atom stereocenters. The molecule has 1 aliphatic carbocycles. The van der Waals surface area contributed by atoms with Gasteiger partial charge in [0.1, 0.15) is 0 Å². The van der Waals surface area contributed by atoms with Gasteiger partial charge in [-0.25, -0.2) is 8.42 Å². The maximum atomic E-state index is 12.2. The molecule has 1 fully saturated rings. The van der Waals surface area contributed by atoms with Gasteiger partial charge in [-0.05, 0) is 61.3 Å². The van der Waals surface area contributed by atoms with Crippen molar-refractivity contribution in [3.05, 3.63) is 34.9 Å². The van der Waals surface area contributed by atoms with Crippen molar-refractivity contribution in [2.24, 2.45) is 5.92 Å². The Balaban J connectivity index is 1.61. The van der Waals surface area contributed by atoms with Gasteiger partial charge in [0.05, 0.1) is 11.5 Å². The Labute approximate surface area is 125 Å². The number of carbonyl (C=O) groups is 1. The Hall–Kier alpha value is -1.36. The number of sulfone groups is 1. The Morgan fingerprint density at radius 1 is 1.19 bits per heavy atom. The third-order valence-electron chi connectivity index (χ3n) is 4.49. The first-order valence-corrected chi connectivity index (χ1v) is 9.46. The molecule has 3 rings (SSSR count). The van der Waals surface area contributed by atoms with Gasteiger partial charge in [0.15, 0.2) is 9.84 Å². The van der Waals surface area contributed by atoms with Crippen LogP contribution in [0.3, 0.4) is 0 Å². The van der Waals surface area contributed by atoms with E-state index < -0.39 is 9.84 Å². The van der Waals surface area contributed by atoms with Crippen LogP contribution in [0.25, 0.3) is 0 Å². The molecule has 1 unspecified atom stereocenters. The first-order valence-electron chi connectivity index (χ1n) is 7.64. The van der Waals surface area contributed by atoms with Crippen molar-refractivity contribution in [2.45, 2.75) is 32.1 Å². The molecule has 0 spiro atoms. The van der Waals surface area contributed by atoms with Crippen LogP contribution in [0.2, 0.25) is 0 Å². The van der Waals surface area contributed by atoms with E-state index in [0.717, 1.165) is 12.8 Å². The van der Waals surface area contributed by atoms with Crippen LogP contribution in [-0.2, 0) is 22.7 Å². The highest BCUT2D eigenvalue weighted by atomic mass is 32.2. The highest BCUT2D eigenvalue weighted by Crippen LogP contribution is 2.22. The van der Waals surface area contributed by atoms with E-state index in [-0.39, 0.29) is 23.3 Å². The Bertz CT molecular complexity index is 651. The van der Waals surface area contributed by atoms with Crippen LogP contribution in [-0.4, -0.2) is 32.4 Å². The number of benzene rings is 1. The van der Waals surface area contributed by atoms with E-state index >= 15 is 0 Å². The number of hydrogen-bond acceptors (Lipinski definition) is 3. The van der Waals surface area contributed by atoms with E-state index in [1.807, 2.05) is 12.1 Å². The molecule has 1 aliphatic heterocycles. The number of nitrogens with one attached hydrogen (secondary N) is 1. The van der Waals surface area contributed by atoms with Gasteiger partial charge in [-0.1, -0.05) is 6.07 Å². The van der Waals surface area contributed by atoms with Crippen molar-refractivity contribution in [3.8, 4) is 0 Å². The van der Waals surface area contributed by atoms with E-state index in [4.69, 9.17) is 0 Å². The molecule has 1 amide bonds. The van der Waals surface area contributed by atoms with Crippen molar-refractivity contribution in [2.75, 3.05) is 18.1 Å². The molecule has 21 heavy (non-hydrogen) atoms. The molecule has 114 valence electrons. The third kappa shape index (κ3) is 3.46. The Kier molecular flexibility index (Phi) is 4.02. The molecule has 1 heterocycles. The summed E-state index contributed by atoms with van der Waals surface area (Å²) in [5, 5.41) is 2.88. The minimum Gasteiger partial charge on any atom is -0.352 e. The van der Waals surface area contributed by atoms with Gasteiger partial charge in [0.25, 0.3) is 5.91 Å². The topological polar surface area (TPSA) is 63.2 Å². The monoisotopic (exact) mass is 307 g/mol. The molecule has 0 bridgehead atoms. The lowest BCUT2D eigenvalue weighted by Gasteiger charge is -2.16. The predicted molar refractivity (Wildman–Crippen MR) is 82.2 cm³/mol. The van der Waals surface area contributed by atoms with Gasteiger partial charge in [-0.3, -0.25) is 4.79 Å². The second-order valence-electron chi connectivity index (χ2n) is 6.17.